The number of halogens is 3. The van der Waals surface area contributed by atoms with Crippen LogP contribution in [0.3, 0.4) is 0 Å². The van der Waals surface area contributed by atoms with Crippen molar-refractivity contribution in [2.24, 2.45) is 0 Å². The molecule has 0 atom stereocenters. The van der Waals surface area contributed by atoms with E-state index in [2.05, 4.69) is 24.5 Å². The summed E-state index contributed by atoms with van der Waals surface area (Å²) < 4.78 is 44.3. The fourth-order valence-corrected chi connectivity index (χ4v) is 3.77. The Morgan fingerprint density at radius 1 is 1.13 bits per heavy atom. The zero-order chi connectivity index (χ0) is 22.2. The quantitative estimate of drug-likeness (QED) is 0.750. The van der Waals surface area contributed by atoms with Crippen LogP contribution in [0.15, 0.2) is 66.4 Å². The lowest BCUT2D eigenvalue weighted by molar-refractivity contribution is -0.137. The number of carbonyl (C=O) groups is 1. The summed E-state index contributed by atoms with van der Waals surface area (Å²) >= 11 is 0. The van der Waals surface area contributed by atoms with Crippen LogP contribution in [0.1, 0.15) is 40.9 Å². The van der Waals surface area contributed by atoms with Crippen molar-refractivity contribution >= 4 is 11.5 Å². The highest BCUT2D eigenvalue weighted by Crippen LogP contribution is 2.34. The predicted molar refractivity (Wildman–Crippen MR) is 112 cm³/mol. The Morgan fingerprint density at radius 3 is 2.55 bits per heavy atom. The summed E-state index contributed by atoms with van der Waals surface area (Å²) in [6.07, 6.45) is -0.586. The number of hydrogen-bond acceptors (Lipinski definition) is 3. The number of nitrogens with one attached hydrogen (secondary N) is 1. The maximum atomic E-state index is 13.0. The molecule has 4 rings (SSSR count). The molecule has 2 heterocycles. The molecule has 2 aliphatic rings. The highest BCUT2D eigenvalue weighted by atomic mass is 19.4. The first-order valence-corrected chi connectivity index (χ1v) is 9.99. The number of hydrazine groups is 1. The van der Waals surface area contributed by atoms with E-state index in [1.807, 2.05) is 31.2 Å². The molecule has 1 fully saturated rings. The molecule has 0 radical (unpaired) electrons. The van der Waals surface area contributed by atoms with Gasteiger partial charge in [0.1, 0.15) is 0 Å². The molecule has 0 unspecified atom stereocenters. The van der Waals surface area contributed by atoms with Gasteiger partial charge in [-0.3, -0.25) is 15.2 Å². The number of benzene rings is 2. The third kappa shape index (κ3) is 4.23. The highest BCUT2D eigenvalue weighted by molar-refractivity contribution is 5.94. The number of allylic oxidation sites excluding steroid dienone is 3. The Hall–Kier alpha value is -3.06. The van der Waals surface area contributed by atoms with Gasteiger partial charge in [0.15, 0.2) is 0 Å². The Morgan fingerprint density at radius 2 is 1.87 bits per heavy atom. The molecule has 0 spiro atoms. The van der Waals surface area contributed by atoms with Crippen LogP contribution in [0.2, 0.25) is 0 Å². The summed E-state index contributed by atoms with van der Waals surface area (Å²) in [5.74, 6) is -0.590. The molecule has 0 saturated carbocycles. The molecule has 0 aliphatic carbocycles. The van der Waals surface area contributed by atoms with E-state index in [-0.39, 0.29) is 11.0 Å². The molecule has 2 aliphatic heterocycles. The summed E-state index contributed by atoms with van der Waals surface area (Å²) in [6.45, 7) is 5.83. The smallest absolute Gasteiger partial charge is 0.379 e. The largest absolute Gasteiger partial charge is 0.416 e. The Labute approximate surface area is 179 Å². The zero-order valence-corrected chi connectivity index (χ0v) is 17.3. The number of nitrogens with zero attached hydrogens (tertiary/aromatic N) is 1. The monoisotopic (exact) mass is 428 g/mol. The van der Waals surface area contributed by atoms with Gasteiger partial charge in [0.25, 0.3) is 5.91 Å². The van der Waals surface area contributed by atoms with Gasteiger partial charge in [0.2, 0.25) is 0 Å². The van der Waals surface area contributed by atoms with Crippen molar-refractivity contribution in [1.29, 1.82) is 0 Å². The Balaban J connectivity index is 1.57. The molecule has 162 valence electrons. The number of ether oxygens (including phenoxy) is 1. The zero-order valence-electron chi connectivity index (χ0n) is 17.3. The maximum Gasteiger partial charge on any atom is 0.416 e. The molecule has 2 aromatic rings. The number of hydrogen-bond donors (Lipinski definition) is 1. The van der Waals surface area contributed by atoms with Crippen LogP contribution >= 0.6 is 0 Å². The van der Waals surface area contributed by atoms with Gasteiger partial charge in [0, 0.05) is 22.2 Å². The third-order valence-electron chi connectivity index (χ3n) is 5.77. The fourth-order valence-electron chi connectivity index (χ4n) is 3.77. The van der Waals surface area contributed by atoms with Crippen LogP contribution in [0, 0.1) is 0 Å². The van der Waals surface area contributed by atoms with Gasteiger partial charge < -0.3 is 4.74 Å². The lowest BCUT2D eigenvalue weighted by atomic mass is 9.79. The summed E-state index contributed by atoms with van der Waals surface area (Å²) in [5.41, 5.74) is 5.80. The molecular weight excluding hydrogens is 405 g/mol. The molecule has 7 heteroatoms. The van der Waals surface area contributed by atoms with Crippen molar-refractivity contribution in [2.45, 2.75) is 25.4 Å². The van der Waals surface area contributed by atoms with Crippen LogP contribution in [0.5, 0.6) is 0 Å². The normalized spacial score (nSPS) is 18.0. The van der Waals surface area contributed by atoms with Crippen molar-refractivity contribution in [3.05, 3.63) is 88.6 Å². The third-order valence-corrected chi connectivity index (χ3v) is 5.77. The van der Waals surface area contributed by atoms with Crippen molar-refractivity contribution < 1.29 is 22.7 Å². The van der Waals surface area contributed by atoms with E-state index < -0.39 is 17.6 Å². The second-order valence-electron chi connectivity index (χ2n) is 8.17. The second-order valence-corrected chi connectivity index (χ2v) is 8.17. The van der Waals surface area contributed by atoms with Gasteiger partial charge in [-0.15, -0.1) is 0 Å². The minimum absolute atomic E-state index is 0.000257. The topological polar surface area (TPSA) is 41.6 Å². The summed E-state index contributed by atoms with van der Waals surface area (Å²) in [4.78, 5) is 12.6. The van der Waals surface area contributed by atoms with Gasteiger partial charge >= 0.3 is 6.18 Å². The van der Waals surface area contributed by atoms with Crippen LogP contribution in [0.4, 0.5) is 13.2 Å². The van der Waals surface area contributed by atoms with E-state index in [4.69, 9.17) is 4.74 Å². The van der Waals surface area contributed by atoms with Gasteiger partial charge in [0.05, 0.1) is 25.3 Å². The van der Waals surface area contributed by atoms with Gasteiger partial charge in [-0.25, -0.2) is 0 Å². The standard InChI is InChI=1S/C24H23F3N2O2/c1-16-21(17-6-3-8-19(12-17)23(2)14-31-15-23)10-5-11-29(16)28-22(30)18-7-4-9-20(13-18)24(25,26)27/h3-10,12-13H,11,14-15H2,1-2H3,(H,28,30). The van der Waals surface area contributed by atoms with E-state index in [0.717, 1.165) is 29.0 Å². The SMILES string of the molecule is CC1=C(c2cccc(C3(C)COC3)c2)C=CCN1NC(=O)c1cccc(C(F)(F)F)c1. The first-order valence-electron chi connectivity index (χ1n) is 9.99. The average molecular weight is 428 g/mol. The van der Waals surface area contributed by atoms with Crippen molar-refractivity contribution in [3.63, 3.8) is 0 Å². The van der Waals surface area contributed by atoms with E-state index in [1.54, 1.807) is 5.01 Å². The number of carbonyl (C=O) groups excluding carboxylic acids is 1. The molecule has 1 amide bonds. The Bertz CT molecular complexity index is 1070. The molecule has 2 aromatic carbocycles. The predicted octanol–water partition coefficient (Wildman–Crippen LogP) is 4.94. The lowest BCUT2D eigenvalue weighted by Gasteiger charge is -2.39. The van der Waals surface area contributed by atoms with Crippen LogP contribution in [-0.2, 0) is 16.3 Å². The van der Waals surface area contributed by atoms with Gasteiger partial charge in [-0.1, -0.05) is 49.4 Å². The Kier molecular flexibility index (Phi) is 5.39. The first kappa shape index (κ1) is 21.2. The molecular formula is C24H23F3N2O2. The molecule has 1 N–H and O–H groups in total. The summed E-state index contributed by atoms with van der Waals surface area (Å²) in [5, 5.41) is 1.65. The molecule has 31 heavy (non-hydrogen) atoms. The van der Waals surface area contributed by atoms with Crippen molar-refractivity contribution in [3.8, 4) is 0 Å². The number of alkyl halides is 3. The molecule has 0 aromatic heterocycles. The molecule has 1 saturated heterocycles. The van der Waals surface area contributed by atoms with E-state index in [1.165, 1.54) is 17.7 Å². The number of rotatable bonds is 4. The minimum Gasteiger partial charge on any atom is -0.379 e. The highest BCUT2D eigenvalue weighted by Gasteiger charge is 2.35. The minimum atomic E-state index is -4.50. The fraction of sp³-hybridized carbons (Fsp3) is 0.292. The molecule has 4 nitrogen and oxygen atoms in total. The summed E-state index contributed by atoms with van der Waals surface area (Å²) in [7, 11) is 0. The second kappa shape index (κ2) is 7.89. The van der Waals surface area contributed by atoms with Crippen LogP contribution < -0.4 is 5.43 Å². The molecule has 0 bridgehead atoms. The number of amides is 1. The van der Waals surface area contributed by atoms with Crippen LogP contribution in [0.25, 0.3) is 5.57 Å². The average Bonchev–Trinajstić information content (AvgIpc) is 2.73. The summed E-state index contributed by atoms with van der Waals surface area (Å²) in [6, 6.07) is 12.6. The first-order chi connectivity index (χ1) is 14.7. The van der Waals surface area contributed by atoms with Gasteiger partial charge in [-0.2, -0.15) is 13.2 Å². The van der Waals surface area contributed by atoms with Gasteiger partial charge in [-0.05, 0) is 36.2 Å². The van der Waals surface area contributed by atoms with Crippen LogP contribution in [-0.4, -0.2) is 30.7 Å². The van der Waals surface area contributed by atoms with Crippen molar-refractivity contribution in [2.75, 3.05) is 19.8 Å². The lowest BCUT2D eigenvalue weighted by Crippen LogP contribution is -2.44. The maximum absolute atomic E-state index is 13.0. The van der Waals surface area contributed by atoms with E-state index >= 15 is 0 Å². The van der Waals surface area contributed by atoms with E-state index in [0.29, 0.717) is 19.8 Å². The van der Waals surface area contributed by atoms with Crippen molar-refractivity contribution in [1.82, 2.24) is 10.4 Å². The van der Waals surface area contributed by atoms with E-state index in [9.17, 15) is 18.0 Å².